The number of rotatable bonds is 4. The summed E-state index contributed by atoms with van der Waals surface area (Å²) in [5.74, 6) is 0.818. The van der Waals surface area contributed by atoms with Gasteiger partial charge in [-0.1, -0.05) is 27.7 Å². The van der Waals surface area contributed by atoms with Gasteiger partial charge < -0.3 is 16.0 Å². The molecular formula is C14H29N3O. The highest BCUT2D eigenvalue weighted by Crippen LogP contribution is 2.17. The van der Waals surface area contributed by atoms with Crippen molar-refractivity contribution < 1.29 is 4.79 Å². The third kappa shape index (κ3) is 4.94. The van der Waals surface area contributed by atoms with Crippen molar-refractivity contribution in [3.8, 4) is 0 Å². The van der Waals surface area contributed by atoms with Gasteiger partial charge in [0.15, 0.2) is 0 Å². The van der Waals surface area contributed by atoms with Crippen LogP contribution in [0, 0.1) is 11.3 Å². The maximum absolute atomic E-state index is 11.8. The summed E-state index contributed by atoms with van der Waals surface area (Å²) in [4.78, 5) is 14.2. The zero-order valence-corrected chi connectivity index (χ0v) is 12.3. The number of piperidine rings is 1. The Labute approximate surface area is 111 Å². The quantitative estimate of drug-likeness (QED) is 0.794. The molecule has 1 amide bonds. The Morgan fingerprint density at radius 3 is 2.44 bits per heavy atom. The van der Waals surface area contributed by atoms with Gasteiger partial charge in [-0.3, -0.25) is 4.79 Å². The van der Waals surface area contributed by atoms with Crippen LogP contribution >= 0.6 is 0 Å². The minimum Gasteiger partial charge on any atom is -0.353 e. The van der Waals surface area contributed by atoms with E-state index < -0.39 is 6.04 Å². The molecule has 0 spiro atoms. The van der Waals surface area contributed by atoms with Crippen molar-refractivity contribution in [1.82, 2.24) is 10.2 Å². The second-order valence-corrected chi connectivity index (χ2v) is 6.66. The van der Waals surface area contributed by atoms with Crippen molar-refractivity contribution in [3.05, 3.63) is 0 Å². The Morgan fingerprint density at radius 2 is 1.94 bits per heavy atom. The predicted molar refractivity (Wildman–Crippen MR) is 75.3 cm³/mol. The maximum atomic E-state index is 11.8. The first-order valence-corrected chi connectivity index (χ1v) is 7.06. The average molecular weight is 255 g/mol. The van der Waals surface area contributed by atoms with E-state index in [-0.39, 0.29) is 11.3 Å². The molecule has 1 fully saturated rings. The summed E-state index contributed by atoms with van der Waals surface area (Å²) in [5.41, 5.74) is 5.73. The van der Waals surface area contributed by atoms with Crippen molar-refractivity contribution in [3.63, 3.8) is 0 Å². The van der Waals surface area contributed by atoms with E-state index in [4.69, 9.17) is 5.73 Å². The molecule has 1 unspecified atom stereocenters. The molecule has 1 aliphatic heterocycles. The number of nitrogens with zero attached hydrogens (tertiary/aromatic N) is 1. The van der Waals surface area contributed by atoms with Crippen LogP contribution in [0.1, 0.15) is 40.5 Å². The van der Waals surface area contributed by atoms with E-state index in [1.807, 2.05) is 20.8 Å². The molecule has 1 aliphatic rings. The molecule has 4 nitrogen and oxygen atoms in total. The summed E-state index contributed by atoms with van der Waals surface area (Å²) in [7, 11) is 0. The van der Waals surface area contributed by atoms with Crippen LogP contribution in [-0.4, -0.2) is 43.0 Å². The largest absolute Gasteiger partial charge is 0.353 e. The van der Waals surface area contributed by atoms with Gasteiger partial charge in [-0.05, 0) is 37.3 Å². The van der Waals surface area contributed by atoms with Crippen LogP contribution in [0.3, 0.4) is 0 Å². The Kier molecular flexibility index (Phi) is 5.60. The van der Waals surface area contributed by atoms with Gasteiger partial charge in [0.05, 0.1) is 6.04 Å². The molecule has 1 atom stereocenters. The molecule has 3 N–H and O–H groups in total. The van der Waals surface area contributed by atoms with Gasteiger partial charge in [0.2, 0.25) is 5.91 Å². The van der Waals surface area contributed by atoms with Crippen molar-refractivity contribution in [2.24, 2.45) is 17.1 Å². The minimum absolute atomic E-state index is 0.0344. The van der Waals surface area contributed by atoms with E-state index in [0.717, 1.165) is 25.6 Å². The summed E-state index contributed by atoms with van der Waals surface area (Å²) in [5, 5.41) is 2.94. The summed E-state index contributed by atoms with van der Waals surface area (Å²) in [6.07, 6.45) is 2.55. The number of hydrogen-bond donors (Lipinski definition) is 2. The highest BCUT2D eigenvalue weighted by atomic mass is 16.2. The SMILES string of the molecule is CC1CCN(CCNC(=O)C(N)C(C)(C)C)CC1. The first kappa shape index (κ1) is 15.4. The molecule has 4 heteroatoms. The molecular weight excluding hydrogens is 226 g/mol. The van der Waals surface area contributed by atoms with Gasteiger partial charge in [-0.15, -0.1) is 0 Å². The highest BCUT2D eigenvalue weighted by molar-refractivity contribution is 5.82. The monoisotopic (exact) mass is 255 g/mol. The van der Waals surface area contributed by atoms with Crippen molar-refractivity contribution in [2.45, 2.75) is 46.6 Å². The van der Waals surface area contributed by atoms with E-state index in [0.29, 0.717) is 6.54 Å². The molecule has 0 aliphatic carbocycles. The zero-order chi connectivity index (χ0) is 13.8. The van der Waals surface area contributed by atoms with Gasteiger partial charge in [0.25, 0.3) is 0 Å². The first-order chi connectivity index (χ1) is 8.30. The van der Waals surface area contributed by atoms with Crippen molar-refractivity contribution in [1.29, 1.82) is 0 Å². The molecule has 0 bridgehead atoms. The molecule has 1 rings (SSSR count). The molecule has 0 radical (unpaired) electrons. The minimum atomic E-state index is -0.432. The van der Waals surface area contributed by atoms with E-state index in [1.165, 1.54) is 12.8 Å². The van der Waals surface area contributed by atoms with Crippen LogP contribution in [-0.2, 0) is 4.79 Å². The van der Waals surface area contributed by atoms with Crippen LogP contribution in [0.25, 0.3) is 0 Å². The standard InChI is InChI=1S/C14H29N3O/c1-11-5-8-17(9-6-11)10-7-16-13(18)12(15)14(2,3)4/h11-12H,5-10,15H2,1-4H3,(H,16,18). The van der Waals surface area contributed by atoms with Crippen LogP contribution in [0.5, 0.6) is 0 Å². The van der Waals surface area contributed by atoms with Crippen LogP contribution in [0.15, 0.2) is 0 Å². The summed E-state index contributed by atoms with van der Waals surface area (Å²) >= 11 is 0. The number of hydrogen-bond acceptors (Lipinski definition) is 3. The number of amides is 1. The summed E-state index contributed by atoms with van der Waals surface area (Å²) < 4.78 is 0. The lowest BCUT2D eigenvalue weighted by Crippen LogP contribution is -2.50. The second kappa shape index (κ2) is 6.53. The van der Waals surface area contributed by atoms with Crippen LogP contribution in [0.2, 0.25) is 0 Å². The van der Waals surface area contributed by atoms with Gasteiger partial charge >= 0.3 is 0 Å². The van der Waals surface area contributed by atoms with E-state index in [9.17, 15) is 4.79 Å². The highest BCUT2D eigenvalue weighted by Gasteiger charge is 2.27. The zero-order valence-electron chi connectivity index (χ0n) is 12.3. The summed E-state index contributed by atoms with van der Waals surface area (Å²) in [6.45, 7) is 12.2. The van der Waals surface area contributed by atoms with Gasteiger partial charge in [-0.25, -0.2) is 0 Å². The molecule has 0 aromatic carbocycles. The lowest BCUT2D eigenvalue weighted by Gasteiger charge is -2.30. The van der Waals surface area contributed by atoms with Crippen molar-refractivity contribution >= 4 is 5.91 Å². The third-order valence-electron chi connectivity index (χ3n) is 3.82. The molecule has 0 aromatic rings. The second-order valence-electron chi connectivity index (χ2n) is 6.66. The maximum Gasteiger partial charge on any atom is 0.237 e. The Hall–Kier alpha value is -0.610. The molecule has 1 saturated heterocycles. The molecule has 1 heterocycles. The van der Waals surface area contributed by atoms with Gasteiger partial charge in [0.1, 0.15) is 0 Å². The number of carbonyl (C=O) groups is 1. The molecule has 18 heavy (non-hydrogen) atoms. The van der Waals surface area contributed by atoms with E-state index >= 15 is 0 Å². The molecule has 0 saturated carbocycles. The smallest absolute Gasteiger partial charge is 0.237 e. The summed E-state index contributed by atoms with van der Waals surface area (Å²) in [6, 6.07) is -0.432. The van der Waals surface area contributed by atoms with Crippen LogP contribution in [0.4, 0.5) is 0 Å². The first-order valence-electron chi connectivity index (χ1n) is 7.06. The van der Waals surface area contributed by atoms with Crippen molar-refractivity contribution in [2.75, 3.05) is 26.2 Å². The van der Waals surface area contributed by atoms with Gasteiger partial charge in [-0.2, -0.15) is 0 Å². The van der Waals surface area contributed by atoms with Gasteiger partial charge in [0, 0.05) is 13.1 Å². The van der Waals surface area contributed by atoms with E-state index in [1.54, 1.807) is 0 Å². The number of nitrogens with two attached hydrogens (primary N) is 1. The average Bonchev–Trinajstić information content (AvgIpc) is 2.29. The lowest BCUT2D eigenvalue weighted by atomic mass is 9.87. The normalized spacial score (nSPS) is 20.7. The number of carbonyl (C=O) groups excluding carboxylic acids is 1. The molecule has 106 valence electrons. The third-order valence-corrected chi connectivity index (χ3v) is 3.82. The topological polar surface area (TPSA) is 58.4 Å². The Balaban J connectivity index is 2.20. The van der Waals surface area contributed by atoms with Crippen LogP contribution < -0.4 is 11.1 Å². The lowest BCUT2D eigenvalue weighted by molar-refractivity contribution is -0.124. The number of likely N-dealkylation sites (tertiary alicyclic amines) is 1. The Morgan fingerprint density at radius 1 is 1.39 bits per heavy atom. The fourth-order valence-electron chi connectivity index (χ4n) is 2.13. The fraction of sp³-hybridized carbons (Fsp3) is 0.929. The number of nitrogens with one attached hydrogen (secondary N) is 1. The Bertz CT molecular complexity index is 265. The predicted octanol–water partition coefficient (Wildman–Crippen LogP) is 1.21. The fourth-order valence-corrected chi connectivity index (χ4v) is 2.13. The van der Waals surface area contributed by atoms with E-state index in [2.05, 4.69) is 17.1 Å². The molecule has 0 aromatic heterocycles.